The molecule has 2 aromatic carbocycles. The van der Waals surface area contributed by atoms with Crippen LogP contribution >= 0.6 is 11.3 Å². The second-order valence-electron chi connectivity index (χ2n) is 6.79. The summed E-state index contributed by atoms with van der Waals surface area (Å²) in [5, 5.41) is 2.57. The Morgan fingerprint density at radius 2 is 1.70 bits per heavy atom. The quantitative estimate of drug-likeness (QED) is 0.465. The molecule has 172 valence electrons. The Morgan fingerprint density at radius 3 is 2.36 bits per heavy atom. The predicted molar refractivity (Wildman–Crippen MR) is 125 cm³/mol. The first-order valence-corrected chi connectivity index (χ1v) is 12.2. The summed E-state index contributed by atoms with van der Waals surface area (Å²) in [7, 11) is -2.27. The number of anilines is 2. The Balaban J connectivity index is 1.68. The van der Waals surface area contributed by atoms with Gasteiger partial charge in [0.15, 0.2) is 6.61 Å². The molecule has 0 aliphatic rings. The van der Waals surface area contributed by atoms with Crippen molar-refractivity contribution in [3.8, 4) is 10.4 Å². The van der Waals surface area contributed by atoms with Crippen molar-refractivity contribution < 1.29 is 32.3 Å². The van der Waals surface area contributed by atoms with E-state index >= 15 is 0 Å². The van der Waals surface area contributed by atoms with Crippen molar-refractivity contribution in [3.63, 3.8) is 0 Å². The van der Waals surface area contributed by atoms with Crippen molar-refractivity contribution in [1.82, 2.24) is 0 Å². The summed E-state index contributed by atoms with van der Waals surface area (Å²) in [6.07, 6.45) is 0.985. The minimum atomic E-state index is -3.51. The van der Waals surface area contributed by atoms with Gasteiger partial charge >= 0.3 is 11.9 Å². The van der Waals surface area contributed by atoms with Crippen molar-refractivity contribution in [2.75, 3.05) is 30.0 Å². The van der Waals surface area contributed by atoms with Gasteiger partial charge in [-0.1, -0.05) is 36.4 Å². The van der Waals surface area contributed by atoms with E-state index in [0.717, 1.165) is 28.0 Å². The number of thiophene rings is 1. The molecular formula is C22H20N2O7S2. The summed E-state index contributed by atoms with van der Waals surface area (Å²) in [5.74, 6) is -2.08. The van der Waals surface area contributed by atoms with Crippen molar-refractivity contribution in [2.45, 2.75) is 0 Å². The van der Waals surface area contributed by atoms with Gasteiger partial charge in [-0.05, 0) is 29.8 Å². The summed E-state index contributed by atoms with van der Waals surface area (Å²) in [6, 6.07) is 16.6. The van der Waals surface area contributed by atoms with E-state index in [-0.39, 0.29) is 21.8 Å². The van der Waals surface area contributed by atoms with E-state index in [0.29, 0.717) is 0 Å². The fraction of sp³-hybridized carbons (Fsp3) is 0.136. The summed E-state index contributed by atoms with van der Waals surface area (Å²) in [4.78, 5) is 37.8. The number of hydrogen-bond donors (Lipinski definition) is 2. The van der Waals surface area contributed by atoms with Crippen LogP contribution in [0.5, 0.6) is 0 Å². The normalized spacial score (nSPS) is 10.8. The van der Waals surface area contributed by atoms with Crippen molar-refractivity contribution >= 4 is 50.6 Å². The molecule has 3 rings (SSSR count). The minimum Gasteiger partial charge on any atom is -0.465 e. The van der Waals surface area contributed by atoms with Gasteiger partial charge in [-0.3, -0.25) is 9.52 Å². The first-order valence-electron chi connectivity index (χ1n) is 9.48. The lowest BCUT2D eigenvalue weighted by molar-refractivity contribution is -0.119. The molecule has 0 saturated carbocycles. The van der Waals surface area contributed by atoms with Crippen LogP contribution in [0.1, 0.15) is 20.0 Å². The van der Waals surface area contributed by atoms with Gasteiger partial charge in [-0.15, -0.1) is 11.3 Å². The first kappa shape index (κ1) is 24.0. The lowest BCUT2D eigenvalue weighted by atomic mass is 10.2. The Labute approximate surface area is 194 Å². The SMILES string of the molecule is COC(=O)c1sc(-c2ccccc2)cc1NC(=O)COC(=O)c1cccc(NS(C)(=O)=O)c1. The molecule has 0 radical (unpaired) electrons. The number of amides is 1. The number of methoxy groups -OCH3 is 1. The monoisotopic (exact) mass is 488 g/mol. The molecule has 0 saturated heterocycles. The minimum absolute atomic E-state index is 0.0635. The third-order valence-electron chi connectivity index (χ3n) is 4.17. The fourth-order valence-corrected chi connectivity index (χ4v) is 4.39. The maximum Gasteiger partial charge on any atom is 0.350 e. The number of hydrogen-bond acceptors (Lipinski definition) is 8. The second kappa shape index (κ2) is 10.3. The number of nitrogens with one attached hydrogen (secondary N) is 2. The van der Waals surface area contributed by atoms with Crippen LogP contribution < -0.4 is 10.0 Å². The van der Waals surface area contributed by atoms with Crippen LogP contribution in [0.25, 0.3) is 10.4 Å². The highest BCUT2D eigenvalue weighted by atomic mass is 32.2. The molecule has 3 aromatic rings. The number of carbonyl (C=O) groups excluding carboxylic acids is 3. The van der Waals surface area contributed by atoms with Crippen LogP contribution in [-0.4, -0.2) is 46.2 Å². The van der Waals surface area contributed by atoms with Gasteiger partial charge in [0, 0.05) is 10.6 Å². The average Bonchev–Trinajstić information content (AvgIpc) is 3.20. The Hall–Kier alpha value is -3.70. The summed E-state index contributed by atoms with van der Waals surface area (Å²) < 4.78 is 34.8. The van der Waals surface area contributed by atoms with E-state index in [2.05, 4.69) is 10.0 Å². The van der Waals surface area contributed by atoms with E-state index < -0.39 is 34.5 Å². The molecule has 33 heavy (non-hydrogen) atoms. The highest BCUT2D eigenvalue weighted by Crippen LogP contribution is 2.35. The average molecular weight is 489 g/mol. The van der Waals surface area contributed by atoms with Gasteiger partial charge < -0.3 is 14.8 Å². The number of benzene rings is 2. The Bertz CT molecular complexity index is 1290. The third-order valence-corrected chi connectivity index (χ3v) is 5.94. The third kappa shape index (κ3) is 6.64. The number of carbonyl (C=O) groups is 3. The zero-order chi connectivity index (χ0) is 24.0. The van der Waals surface area contributed by atoms with Crippen LogP contribution in [0, 0.1) is 0 Å². The van der Waals surface area contributed by atoms with E-state index in [1.807, 2.05) is 30.3 Å². The van der Waals surface area contributed by atoms with Gasteiger partial charge in [-0.25, -0.2) is 18.0 Å². The first-order chi connectivity index (χ1) is 15.7. The number of rotatable bonds is 8. The second-order valence-corrected chi connectivity index (χ2v) is 9.59. The summed E-state index contributed by atoms with van der Waals surface area (Å²) >= 11 is 1.16. The highest BCUT2D eigenvalue weighted by molar-refractivity contribution is 7.92. The molecular weight excluding hydrogens is 468 g/mol. The van der Waals surface area contributed by atoms with Crippen molar-refractivity contribution in [3.05, 3.63) is 71.1 Å². The van der Waals surface area contributed by atoms with Crippen molar-refractivity contribution in [2.24, 2.45) is 0 Å². The smallest absolute Gasteiger partial charge is 0.350 e. The largest absolute Gasteiger partial charge is 0.465 e. The van der Waals surface area contributed by atoms with E-state index in [1.165, 1.54) is 31.4 Å². The van der Waals surface area contributed by atoms with Gasteiger partial charge in [-0.2, -0.15) is 0 Å². The standard InChI is InChI=1S/C22H20N2O7S2/c1-30-22(27)20-17(12-18(32-20)14-7-4-3-5-8-14)23-19(25)13-31-21(26)15-9-6-10-16(11-15)24-33(2,28)29/h3-12,24H,13H2,1-2H3,(H,23,25). The van der Waals surface area contributed by atoms with Crippen LogP contribution in [0.4, 0.5) is 11.4 Å². The highest BCUT2D eigenvalue weighted by Gasteiger charge is 2.20. The molecule has 1 amide bonds. The predicted octanol–water partition coefficient (Wildman–Crippen LogP) is 3.37. The zero-order valence-electron chi connectivity index (χ0n) is 17.7. The number of sulfonamides is 1. The maximum absolute atomic E-state index is 12.4. The maximum atomic E-state index is 12.4. The summed E-state index contributed by atoms with van der Waals surface area (Å²) in [5.41, 5.74) is 1.35. The molecule has 0 aliphatic heterocycles. The molecule has 1 heterocycles. The number of ether oxygens (including phenoxy) is 2. The Kier molecular flexibility index (Phi) is 7.46. The molecule has 11 heteroatoms. The summed E-state index contributed by atoms with van der Waals surface area (Å²) in [6.45, 7) is -0.611. The number of esters is 2. The molecule has 0 spiro atoms. The van der Waals surface area contributed by atoms with E-state index in [1.54, 1.807) is 6.07 Å². The van der Waals surface area contributed by atoms with E-state index in [4.69, 9.17) is 9.47 Å². The van der Waals surface area contributed by atoms with Crippen LogP contribution in [-0.2, 0) is 24.3 Å². The topological polar surface area (TPSA) is 128 Å². The van der Waals surface area contributed by atoms with Crippen LogP contribution in [0.3, 0.4) is 0 Å². The molecule has 2 N–H and O–H groups in total. The van der Waals surface area contributed by atoms with Crippen LogP contribution in [0.15, 0.2) is 60.7 Å². The van der Waals surface area contributed by atoms with Gasteiger partial charge in [0.1, 0.15) is 4.88 Å². The molecule has 0 bridgehead atoms. The zero-order valence-corrected chi connectivity index (χ0v) is 19.3. The van der Waals surface area contributed by atoms with E-state index in [9.17, 15) is 22.8 Å². The fourth-order valence-electron chi connectivity index (χ4n) is 2.80. The molecule has 0 fully saturated rings. The van der Waals surface area contributed by atoms with Gasteiger partial charge in [0.25, 0.3) is 5.91 Å². The van der Waals surface area contributed by atoms with Gasteiger partial charge in [0.05, 0.1) is 24.6 Å². The van der Waals surface area contributed by atoms with Gasteiger partial charge in [0.2, 0.25) is 10.0 Å². The molecule has 0 aliphatic carbocycles. The van der Waals surface area contributed by atoms with Crippen LogP contribution in [0.2, 0.25) is 0 Å². The lowest BCUT2D eigenvalue weighted by Crippen LogP contribution is -2.21. The lowest BCUT2D eigenvalue weighted by Gasteiger charge is -2.08. The van der Waals surface area contributed by atoms with Crippen molar-refractivity contribution in [1.29, 1.82) is 0 Å². The molecule has 0 atom stereocenters. The molecule has 1 aromatic heterocycles. The Morgan fingerprint density at radius 1 is 0.970 bits per heavy atom. The molecule has 0 unspecified atom stereocenters. The molecule has 9 nitrogen and oxygen atoms in total.